The second kappa shape index (κ2) is 4.19. The molecule has 18 heavy (non-hydrogen) atoms. The summed E-state index contributed by atoms with van der Waals surface area (Å²) in [6.45, 7) is 3.69. The van der Waals surface area contributed by atoms with Crippen molar-refractivity contribution < 1.29 is 5.11 Å². The van der Waals surface area contributed by atoms with Gasteiger partial charge in [-0.1, -0.05) is 23.5 Å². The van der Waals surface area contributed by atoms with Crippen LogP contribution in [0.5, 0.6) is 0 Å². The van der Waals surface area contributed by atoms with E-state index in [0.29, 0.717) is 0 Å². The fourth-order valence-corrected chi connectivity index (χ4v) is 2.95. The smallest absolute Gasteiger partial charge is 0.211 e. The molecule has 2 heterocycles. The van der Waals surface area contributed by atoms with E-state index in [1.807, 2.05) is 31.2 Å². The second-order valence-electron chi connectivity index (χ2n) is 4.24. The number of aromatic nitrogens is 3. The van der Waals surface area contributed by atoms with Gasteiger partial charge in [-0.25, -0.2) is 9.67 Å². The van der Waals surface area contributed by atoms with Crippen LogP contribution in [0.1, 0.15) is 24.3 Å². The number of para-hydroxylation sites is 1. The molecule has 0 fully saturated rings. The summed E-state index contributed by atoms with van der Waals surface area (Å²) in [4.78, 5) is 4.55. The van der Waals surface area contributed by atoms with E-state index < -0.39 is 6.10 Å². The third-order valence-corrected chi connectivity index (χ3v) is 3.97. The minimum Gasteiger partial charge on any atom is -0.389 e. The Bertz CT molecular complexity index is 666. The number of nitrogens with zero attached hydrogens (tertiary/aromatic N) is 3. The van der Waals surface area contributed by atoms with E-state index in [1.54, 1.807) is 29.1 Å². The molecule has 1 N–H and O–H groups in total. The fourth-order valence-electron chi connectivity index (χ4n) is 1.98. The van der Waals surface area contributed by atoms with Gasteiger partial charge in [0.2, 0.25) is 5.13 Å². The molecule has 4 nitrogen and oxygen atoms in total. The van der Waals surface area contributed by atoms with Crippen molar-refractivity contribution in [1.29, 1.82) is 0 Å². The van der Waals surface area contributed by atoms with E-state index in [-0.39, 0.29) is 0 Å². The van der Waals surface area contributed by atoms with Gasteiger partial charge >= 0.3 is 0 Å². The molecule has 0 spiro atoms. The molecule has 1 aromatic carbocycles. The summed E-state index contributed by atoms with van der Waals surface area (Å²) in [5.41, 5.74) is 2.75. The highest BCUT2D eigenvalue weighted by molar-refractivity contribution is 7.20. The summed E-state index contributed by atoms with van der Waals surface area (Å²) in [6, 6.07) is 8.01. The first-order valence-corrected chi connectivity index (χ1v) is 6.57. The molecule has 0 saturated carbocycles. The van der Waals surface area contributed by atoms with Gasteiger partial charge in [0.25, 0.3) is 0 Å². The van der Waals surface area contributed by atoms with Crippen molar-refractivity contribution >= 4 is 21.6 Å². The van der Waals surface area contributed by atoms with Gasteiger partial charge in [-0.15, -0.1) is 0 Å². The number of aliphatic hydroxyl groups is 1. The minimum atomic E-state index is -0.506. The number of benzene rings is 1. The lowest BCUT2D eigenvalue weighted by Gasteiger charge is -2.03. The van der Waals surface area contributed by atoms with Crippen LogP contribution in [-0.2, 0) is 0 Å². The summed E-state index contributed by atoms with van der Waals surface area (Å²) in [5.74, 6) is 0. The Kier molecular flexibility index (Phi) is 2.65. The summed E-state index contributed by atoms with van der Waals surface area (Å²) in [5, 5.41) is 14.8. The van der Waals surface area contributed by atoms with Crippen molar-refractivity contribution in [3.8, 4) is 5.13 Å². The molecule has 0 aliphatic rings. The van der Waals surface area contributed by atoms with Crippen LogP contribution in [0, 0.1) is 6.92 Å². The average Bonchev–Trinajstić information content (AvgIpc) is 2.91. The van der Waals surface area contributed by atoms with Crippen LogP contribution >= 0.6 is 11.3 Å². The molecule has 0 radical (unpaired) electrons. The first-order valence-electron chi connectivity index (χ1n) is 5.75. The van der Waals surface area contributed by atoms with Gasteiger partial charge in [0, 0.05) is 11.3 Å². The molecule has 3 rings (SSSR count). The fraction of sp³-hybridized carbons (Fsp3) is 0.231. The van der Waals surface area contributed by atoms with Crippen LogP contribution in [0.2, 0.25) is 0 Å². The maximum atomic E-state index is 9.63. The average molecular weight is 259 g/mol. The number of fused-ring (bicyclic) bond motifs is 1. The van der Waals surface area contributed by atoms with Crippen LogP contribution in [0.4, 0.5) is 0 Å². The van der Waals surface area contributed by atoms with Crippen molar-refractivity contribution in [1.82, 2.24) is 14.8 Å². The minimum absolute atomic E-state index is 0.506. The number of hydrogen-bond donors (Lipinski definition) is 1. The predicted octanol–water partition coefficient (Wildman–Crippen LogP) is 2.84. The molecular weight excluding hydrogens is 246 g/mol. The highest BCUT2D eigenvalue weighted by atomic mass is 32.1. The molecule has 5 heteroatoms. The van der Waals surface area contributed by atoms with Crippen LogP contribution in [0.3, 0.4) is 0 Å². The lowest BCUT2D eigenvalue weighted by Crippen LogP contribution is -1.99. The van der Waals surface area contributed by atoms with E-state index in [4.69, 9.17) is 0 Å². The monoisotopic (exact) mass is 259 g/mol. The SMILES string of the molecule is Cc1c(C(C)O)cnn1-c1nc2ccccc2s1. The quantitative estimate of drug-likeness (QED) is 0.770. The molecule has 0 aliphatic carbocycles. The Labute approximate surface area is 109 Å². The topological polar surface area (TPSA) is 50.9 Å². The second-order valence-corrected chi connectivity index (χ2v) is 5.25. The third-order valence-electron chi connectivity index (χ3n) is 2.96. The molecule has 0 saturated heterocycles. The Morgan fingerprint density at radius 1 is 1.33 bits per heavy atom. The summed E-state index contributed by atoms with van der Waals surface area (Å²) in [6.07, 6.45) is 1.19. The van der Waals surface area contributed by atoms with Crippen molar-refractivity contribution in [2.24, 2.45) is 0 Å². The van der Waals surface area contributed by atoms with E-state index in [2.05, 4.69) is 10.1 Å². The molecule has 3 aromatic rings. The van der Waals surface area contributed by atoms with Crippen molar-refractivity contribution in [3.05, 3.63) is 41.7 Å². The third kappa shape index (κ3) is 1.72. The van der Waals surface area contributed by atoms with Crippen LogP contribution < -0.4 is 0 Å². The lowest BCUT2D eigenvalue weighted by atomic mass is 10.2. The largest absolute Gasteiger partial charge is 0.389 e. The molecule has 0 aliphatic heterocycles. The maximum Gasteiger partial charge on any atom is 0.211 e. The van der Waals surface area contributed by atoms with Gasteiger partial charge in [0.1, 0.15) is 0 Å². The summed E-state index contributed by atoms with van der Waals surface area (Å²) in [7, 11) is 0. The zero-order valence-electron chi connectivity index (χ0n) is 10.2. The molecule has 1 unspecified atom stereocenters. The number of hydrogen-bond acceptors (Lipinski definition) is 4. The molecule has 0 bridgehead atoms. The zero-order chi connectivity index (χ0) is 12.7. The Morgan fingerprint density at radius 2 is 2.11 bits per heavy atom. The van der Waals surface area contributed by atoms with E-state index >= 15 is 0 Å². The lowest BCUT2D eigenvalue weighted by molar-refractivity contribution is 0.198. The molecule has 92 valence electrons. The highest BCUT2D eigenvalue weighted by Crippen LogP contribution is 2.26. The first-order chi connectivity index (χ1) is 8.66. The van der Waals surface area contributed by atoms with Gasteiger partial charge in [0.15, 0.2) is 0 Å². The van der Waals surface area contributed by atoms with Crippen LogP contribution in [-0.4, -0.2) is 19.9 Å². The molecular formula is C13H13N3OS. The van der Waals surface area contributed by atoms with E-state index in [9.17, 15) is 5.11 Å². The van der Waals surface area contributed by atoms with E-state index in [1.165, 1.54) is 0 Å². The van der Waals surface area contributed by atoms with Gasteiger partial charge in [-0.05, 0) is 26.0 Å². The summed E-state index contributed by atoms with van der Waals surface area (Å²) >= 11 is 1.60. The van der Waals surface area contributed by atoms with Gasteiger partial charge in [0.05, 0.1) is 22.5 Å². The van der Waals surface area contributed by atoms with Crippen LogP contribution in [0.15, 0.2) is 30.5 Å². The first kappa shape index (κ1) is 11.4. The number of aliphatic hydroxyl groups excluding tert-OH is 1. The molecule has 1 atom stereocenters. The van der Waals surface area contributed by atoms with Crippen molar-refractivity contribution in [2.45, 2.75) is 20.0 Å². The van der Waals surface area contributed by atoms with Gasteiger partial charge in [-0.3, -0.25) is 0 Å². The number of thiazole rings is 1. The maximum absolute atomic E-state index is 9.63. The molecule has 0 amide bonds. The number of rotatable bonds is 2. The Hall–Kier alpha value is -1.72. The van der Waals surface area contributed by atoms with Crippen molar-refractivity contribution in [3.63, 3.8) is 0 Å². The Balaban J connectivity index is 2.14. The van der Waals surface area contributed by atoms with E-state index in [0.717, 1.165) is 26.6 Å². The predicted molar refractivity (Wildman–Crippen MR) is 72.1 cm³/mol. The van der Waals surface area contributed by atoms with Gasteiger partial charge in [-0.2, -0.15) is 5.10 Å². The van der Waals surface area contributed by atoms with Gasteiger partial charge < -0.3 is 5.11 Å². The van der Waals surface area contributed by atoms with Crippen LogP contribution in [0.25, 0.3) is 15.3 Å². The Morgan fingerprint density at radius 3 is 2.78 bits per heavy atom. The van der Waals surface area contributed by atoms with Crippen molar-refractivity contribution in [2.75, 3.05) is 0 Å². The molecule has 2 aromatic heterocycles. The standard InChI is InChI=1S/C13H13N3OS/c1-8-10(9(2)17)7-14-16(8)13-15-11-5-3-4-6-12(11)18-13/h3-7,9,17H,1-2H3. The zero-order valence-corrected chi connectivity index (χ0v) is 11.0. The summed E-state index contributed by atoms with van der Waals surface area (Å²) < 4.78 is 2.92. The highest BCUT2D eigenvalue weighted by Gasteiger charge is 2.14. The normalized spacial score (nSPS) is 13.1.